The van der Waals surface area contributed by atoms with E-state index in [9.17, 15) is 9.59 Å². The van der Waals surface area contributed by atoms with Crippen LogP contribution < -0.4 is 4.74 Å². The van der Waals surface area contributed by atoms with E-state index in [1.54, 1.807) is 7.11 Å². The molecular formula is C28H41N3O4. The Labute approximate surface area is 209 Å². The molecule has 4 aliphatic rings. The molecule has 0 spiro atoms. The average Bonchev–Trinajstić information content (AvgIpc) is 2.90. The summed E-state index contributed by atoms with van der Waals surface area (Å²) < 4.78 is 10.7. The van der Waals surface area contributed by atoms with Crippen molar-refractivity contribution >= 4 is 11.8 Å². The van der Waals surface area contributed by atoms with Crippen LogP contribution in [0.1, 0.15) is 50.5 Å². The van der Waals surface area contributed by atoms with Gasteiger partial charge in [-0.2, -0.15) is 0 Å². The van der Waals surface area contributed by atoms with E-state index in [0.717, 1.165) is 30.7 Å². The second-order valence-corrected chi connectivity index (χ2v) is 10.8. The van der Waals surface area contributed by atoms with Crippen LogP contribution in [0.2, 0.25) is 0 Å². The first kappa shape index (κ1) is 24.6. The number of hydrogen-bond donors (Lipinski definition) is 0. The van der Waals surface area contributed by atoms with Gasteiger partial charge < -0.3 is 19.3 Å². The Morgan fingerprint density at radius 3 is 2.49 bits per heavy atom. The molecule has 0 saturated carbocycles. The van der Waals surface area contributed by atoms with Gasteiger partial charge in [-0.05, 0) is 81.1 Å². The third-order valence-corrected chi connectivity index (χ3v) is 8.76. The minimum atomic E-state index is 0.236. The van der Waals surface area contributed by atoms with Crippen molar-refractivity contribution in [2.75, 3.05) is 53.0 Å². The van der Waals surface area contributed by atoms with Gasteiger partial charge in [-0.1, -0.05) is 12.1 Å². The summed E-state index contributed by atoms with van der Waals surface area (Å²) in [6, 6.07) is 8.72. The second-order valence-electron chi connectivity index (χ2n) is 10.8. The Morgan fingerprint density at radius 2 is 1.74 bits per heavy atom. The van der Waals surface area contributed by atoms with Gasteiger partial charge in [0.15, 0.2) is 0 Å². The predicted molar refractivity (Wildman–Crippen MR) is 134 cm³/mol. The van der Waals surface area contributed by atoms with Crippen LogP contribution in [-0.4, -0.2) is 91.6 Å². The lowest BCUT2D eigenvalue weighted by atomic mass is 9.69. The smallest absolute Gasteiger partial charge is 0.227 e. The van der Waals surface area contributed by atoms with Crippen LogP contribution in [0.15, 0.2) is 24.3 Å². The quantitative estimate of drug-likeness (QED) is 0.597. The number of hydrogen-bond acceptors (Lipinski definition) is 5. The zero-order valence-electron chi connectivity index (χ0n) is 21.2. The minimum Gasteiger partial charge on any atom is -0.497 e. The fraction of sp³-hybridized carbons (Fsp3) is 0.714. The number of carbonyl (C=O) groups is 2. The van der Waals surface area contributed by atoms with Crippen LogP contribution in [0.25, 0.3) is 0 Å². The topological polar surface area (TPSA) is 62.3 Å². The highest BCUT2D eigenvalue weighted by molar-refractivity contribution is 5.79. The van der Waals surface area contributed by atoms with E-state index in [-0.39, 0.29) is 17.9 Å². The molecule has 4 fully saturated rings. The second kappa shape index (κ2) is 11.3. The molecule has 4 saturated heterocycles. The van der Waals surface area contributed by atoms with Crippen LogP contribution >= 0.6 is 0 Å². The lowest BCUT2D eigenvalue weighted by molar-refractivity contribution is -0.145. The fourth-order valence-electron chi connectivity index (χ4n) is 7.10. The highest BCUT2D eigenvalue weighted by Crippen LogP contribution is 2.43. The highest BCUT2D eigenvalue weighted by Gasteiger charge is 2.49. The molecule has 0 bridgehead atoms. The molecule has 0 aliphatic carbocycles. The average molecular weight is 484 g/mol. The number of likely N-dealkylation sites (tertiary alicyclic amines) is 1. The van der Waals surface area contributed by atoms with E-state index in [1.807, 2.05) is 29.2 Å². The number of nitrogens with zero attached hydrogens (tertiary/aromatic N) is 3. The zero-order chi connectivity index (χ0) is 24.2. The molecule has 0 aromatic heterocycles. The van der Waals surface area contributed by atoms with Crippen molar-refractivity contribution in [3.8, 4) is 5.75 Å². The molecule has 7 nitrogen and oxygen atoms in total. The largest absolute Gasteiger partial charge is 0.497 e. The minimum absolute atomic E-state index is 0.236. The summed E-state index contributed by atoms with van der Waals surface area (Å²) in [5.74, 6) is 2.40. The standard InChI is InChI=1S/C28H41N3O4/c1-34-23-11-9-21(10-12-23)19-27(33)31-20-22-5-3-13-30-14-4-6-24(28(22)30)25(31)7-2-8-26(32)29-15-17-35-18-16-29/h9-12,22,24-25,28H,2-8,13-20H2,1H3/t22-,24+,25+,28-/m0/s1. The number of methoxy groups -OCH3 is 1. The molecule has 7 heteroatoms. The van der Waals surface area contributed by atoms with Gasteiger partial charge in [0.2, 0.25) is 11.8 Å². The maximum absolute atomic E-state index is 13.7. The first-order valence-electron chi connectivity index (χ1n) is 13.7. The zero-order valence-corrected chi connectivity index (χ0v) is 21.2. The molecular weight excluding hydrogens is 442 g/mol. The Morgan fingerprint density at radius 1 is 1.00 bits per heavy atom. The van der Waals surface area contributed by atoms with E-state index in [2.05, 4.69) is 9.80 Å². The van der Waals surface area contributed by atoms with Crippen LogP contribution in [0.5, 0.6) is 5.75 Å². The monoisotopic (exact) mass is 483 g/mol. The Hall–Kier alpha value is -2.12. The fourth-order valence-corrected chi connectivity index (χ4v) is 7.10. The molecule has 2 amide bonds. The number of morpholine rings is 1. The Balaban J connectivity index is 1.29. The Kier molecular flexibility index (Phi) is 7.93. The number of rotatable bonds is 7. The van der Waals surface area contributed by atoms with E-state index < -0.39 is 0 Å². The summed E-state index contributed by atoms with van der Waals surface area (Å²) in [6.45, 7) is 5.98. The number of benzene rings is 1. The molecule has 192 valence electrons. The lowest BCUT2D eigenvalue weighted by Gasteiger charge is -2.57. The summed E-state index contributed by atoms with van der Waals surface area (Å²) in [5.41, 5.74) is 1.04. The van der Waals surface area contributed by atoms with Gasteiger partial charge in [-0.15, -0.1) is 0 Å². The van der Waals surface area contributed by atoms with Gasteiger partial charge in [-0.3, -0.25) is 14.5 Å². The number of carbonyl (C=O) groups excluding carboxylic acids is 2. The first-order valence-corrected chi connectivity index (χ1v) is 13.7. The molecule has 4 aliphatic heterocycles. The maximum Gasteiger partial charge on any atom is 0.227 e. The van der Waals surface area contributed by atoms with Crippen molar-refractivity contribution < 1.29 is 19.1 Å². The molecule has 1 aromatic carbocycles. The molecule has 4 atom stereocenters. The summed E-state index contributed by atoms with van der Waals surface area (Å²) in [7, 11) is 1.66. The van der Waals surface area contributed by atoms with Crippen molar-refractivity contribution in [1.82, 2.24) is 14.7 Å². The van der Waals surface area contributed by atoms with E-state index in [1.165, 1.54) is 38.8 Å². The van der Waals surface area contributed by atoms with Crippen LogP contribution in [0, 0.1) is 11.8 Å². The van der Waals surface area contributed by atoms with Crippen molar-refractivity contribution in [2.45, 2.75) is 63.5 Å². The van der Waals surface area contributed by atoms with Crippen LogP contribution in [-0.2, 0) is 20.7 Å². The molecule has 0 radical (unpaired) electrons. The third-order valence-electron chi connectivity index (χ3n) is 8.76. The lowest BCUT2D eigenvalue weighted by Crippen LogP contribution is -2.65. The summed E-state index contributed by atoms with van der Waals surface area (Å²) in [4.78, 5) is 33.4. The molecule has 5 rings (SSSR count). The van der Waals surface area contributed by atoms with Crippen molar-refractivity contribution in [3.05, 3.63) is 29.8 Å². The van der Waals surface area contributed by atoms with E-state index in [4.69, 9.17) is 9.47 Å². The maximum atomic E-state index is 13.7. The van der Waals surface area contributed by atoms with Crippen LogP contribution in [0.4, 0.5) is 0 Å². The normalized spacial score (nSPS) is 28.9. The Bertz CT molecular complexity index is 867. The molecule has 1 aromatic rings. The van der Waals surface area contributed by atoms with Crippen molar-refractivity contribution in [2.24, 2.45) is 11.8 Å². The summed E-state index contributed by atoms with van der Waals surface area (Å²) >= 11 is 0. The number of amides is 2. The predicted octanol–water partition coefficient (Wildman–Crippen LogP) is 2.97. The molecule has 4 heterocycles. The highest BCUT2D eigenvalue weighted by atomic mass is 16.5. The van der Waals surface area contributed by atoms with Crippen molar-refractivity contribution in [1.29, 1.82) is 0 Å². The third kappa shape index (κ3) is 5.51. The molecule has 0 N–H and O–H groups in total. The van der Waals surface area contributed by atoms with Gasteiger partial charge in [-0.25, -0.2) is 0 Å². The number of ether oxygens (including phenoxy) is 2. The number of piperidine rings is 3. The SMILES string of the molecule is COc1ccc(CC(=O)N2C[C@@H]3CCCN4CCC[C@@H]([C@H]34)[C@H]2CCCC(=O)N2CCOCC2)cc1. The molecule has 35 heavy (non-hydrogen) atoms. The summed E-state index contributed by atoms with van der Waals surface area (Å²) in [6.07, 6.45) is 7.67. The van der Waals surface area contributed by atoms with Gasteiger partial charge >= 0.3 is 0 Å². The van der Waals surface area contributed by atoms with Gasteiger partial charge in [0, 0.05) is 38.1 Å². The first-order chi connectivity index (χ1) is 17.1. The van der Waals surface area contributed by atoms with Crippen molar-refractivity contribution in [3.63, 3.8) is 0 Å². The molecule has 0 unspecified atom stereocenters. The van der Waals surface area contributed by atoms with Crippen LogP contribution in [0.3, 0.4) is 0 Å². The van der Waals surface area contributed by atoms with E-state index >= 15 is 0 Å². The van der Waals surface area contributed by atoms with Gasteiger partial charge in [0.25, 0.3) is 0 Å². The van der Waals surface area contributed by atoms with Gasteiger partial charge in [0.05, 0.1) is 26.7 Å². The summed E-state index contributed by atoms with van der Waals surface area (Å²) in [5, 5.41) is 0. The van der Waals surface area contributed by atoms with Gasteiger partial charge in [0.1, 0.15) is 5.75 Å². The van der Waals surface area contributed by atoms with E-state index in [0.29, 0.717) is 57.0 Å².